The third kappa shape index (κ3) is 3.55. The van der Waals surface area contributed by atoms with Crippen LogP contribution in [0.5, 0.6) is 0 Å². The highest BCUT2D eigenvalue weighted by Crippen LogP contribution is 2.19. The lowest BCUT2D eigenvalue weighted by Crippen LogP contribution is -2.33. The van der Waals surface area contributed by atoms with Gasteiger partial charge in [0.1, 0.15) is 0 Å². The lowest BCUT2D eigenvalue weighted by molar-refractivity contribution is -0.389. The molecule has 0 bridgehead atoms. The van der Waals surface area contributed by atoms with Gasteiger partial charge in [0, 0.05) is 12.7 Å². The van der Waals surface area contributed by atoms with Crippen molar-refractivity contribution < 1.29 is 9.72 Å². The molecule has 1 N–H and O–H groups in total. The summed E-state index contributed by atoms with van der Waals surface area (Å²) in [6.07, 6.45) is 2.17. The Morgan fingerprint density at radius 1 is 1.48 bits per heavy atom. The number of rotatable bonds is 7. The number of carbonyl (C=O) groups is 1. The molecule has 23 heavy (non-hydrogen) atoms. The van der Waals surface area contributed by atoms with E-state index in [1.807, 2.05) is 19.9 Å². The maximum Gasteiger partial charge on any atom is 0.390 e. The first-order chi connectivity index (χ1) is 11.0. The molecule has 9 nitrogen and oxygen atoms in total. The molecule has 0 radical (unpaired) electrons. The minimum Gasteiger partial charge on any atom is -0.358 e. The smallest absolute Gasteiger partial charge is 0.358 e. The van der Waals surface area contributed by atoms with Crippen molar-refractivity contribution in [2.24, 2.45) is 0 Å². The molecule has 0 aliphatic heterocycles. The summed E-state index contributed by atoms with van der Waals surface area (Å²) in [6, 6.07) is 2.62. The standard InChI is InChI=1S/C14H20N6O3/c1-4-12(19-10(3)8-13(17-19)20(22)23)14(21)15-9-11-6-7-16-18(11)5-2/h6-8,12H,4-5,9H2,1-3H3,(H,15,21). The lowest BCUT2D eigenvalue weighted by Gasteiger charge is -2.14. The van der Waals surface area contributed by atoms with Crippen molar-refractivity contribution in [1.29, 1.82) is 0 Å². The van der Waals surface area contributed by atoms with Gasteiger partial charge in [0.05, 0.1) is 29.1 Å². The number of carbonyl (C=O) groups excluding carboxylic acids is 1. The first-order valence-electron chi connectivity index (χ1n) is 7.46. The van der Waals surface area contributed by atoms with Crippen molar-refractivity contribution in [2.45, 2.75) is 46.3 Å². The maximum atomic E-state index is 12.4. The van der Waals surface area contributed by atoms with Crippen LogP contribution in [0.2, 0.25) is 0 Å². The number of nitrogens with one attached hydrogen (secondary N) is 1. The van der Waals surface area contributed by atoms with Gasteiger partial charge in [-0.05, 0) is 31.3 Å². The summed E-state index contributed by atoms with van der Waals surface area (Å²) >= 11 is 0. The Morgan fingerprint density at radius 3 is 2.78 bits per heavy atom. The average molecular weight is 320 g/mol. The number of aryl methyl sites for hydroxylation is 2. The molecule has 1 atom stereocenters. The normalized spacial score (nSPS) is 12.1. The highest BCUT2D eigenvalue weighted by atomic mass is 16.6. The lowest BCUT2D eigenvalue weighted by atomic mass is 10.2. The number of nitrogens with zero attached hydrogens (tertiary/aromatic N) is 5. The second-order valence-corrected chi connectivity index (χ2v) is 5.13. The molecule has 2 rings (SSSR count). The van der Waals surface area contributed by atoms with Gasteiger partial charge in [-0.3, -0.25) is 9.48 Å². The summed E-state index contributed by atoms with van der Waals surface area (Å²) in [5.74, 6) is -0.477. The maximum absolute atomic E-state index is 12.4. The average Bonchev–Trinajstić information content (AvgIpc) is 3.12. The summed E-state index contributed by atoms with van der Waals surface area (Å²) in [6.45, 7) is 6.58. The molecule has 2 aromatic rings. The van der Waals surface area contributed by atoms with Gasteiger partial charge < -0.3 is 15.4 Å². The second kappa shape index (κ2) is 7.03. The van der Waals surface area contributed by atoms with E-state index in [9.17, 15) is 14.9 Å². The Bertz CT molecular complexity index is 705. The fourth-order valence-electron chi connectivity index (χ4n) is 2.44. The zero-order valence-corrected chi connectivity index (χ0v) is 13.4. The Hall–Kier alpha value is -2.71. The molecule has 1 unspecified atom stereocenters. The molecule has 0 fully saturated rings. The Kier molecular flexibility index (Phi) is 5.09. The van der Waals surface area contributed by atoms with E-state index >= 15 is 0 Å². The predicted octanol–water partition coefficient (Wildman–Crippen LogP) is 1.58. The second-order valence-electron chi connectivity index (χ2n) is 5.13. The molecule has 0 aliphatic rings. The van der Waals surface area contributed by atoms with Crippen LogP contribution in [0.1, 0.15) is 37.7 Å². The molecule has 0 saturated carbocycles. The van der Waals surface area contributed by atoms with Crippen molar-refractivity contribution in [3.63, 3.8) is 0 Å². The zero-order chi connectivity index (χ0) is 17.0. The number of aromatic nitrogens is 4. The summed E-state index contributed by atoms with van der Waals surface area (Å²) < 4.78 is 3.20. The number of nitro groups is 1. The molecule has 9 heteroatoms. The van der Waals surface area contributed by atoms with Gasteiger partial charge in [-0.15, -0.1) is 0 Å². The fraction of sp³-hybridized carbons (Fsp3) is 0.500. The molecule has 0 aromatic carbocycles. The first-order valence-corrected chi connectivity index (χ1v) is 7.46. The summed E-state index contributed by atoms with van der Waals surface area (Å²) in [5, 5.41) is 21.7. The van der Waals surface area contributed by atoms with E-state index in [1.54, 1.807) is 17.8 Å². The largest absolute Gasteiger partial charge is 0.390 e. The highest BCUT2D eigenvalue weighted by Gasteiger charge is 2.26. The van der Waals surface area contributed by atoms with Crippen LogP contribution in [0.3, 0.4) is 0 Å². The third-order valence-corrected chi connectivity index (χ3v) is 3.63. The number of hydrogen-bond acceptors (Lipinski definition) is 5. The summed E-state index contributed by atoms with van der Waals surface area (Å²) in [5.41, 5.74) is 1.48. The monoisotopic (exact) mass is 320 g/mol. The van der Waals surface area contributed by atoms with Crippen LogP contribution >= 0.6 is 0 Å². The van der Waals surface area contributed by atoms with Crippen molar-refractivity contribution >= 4 is 11.7 Å². The van der Waals surface area contributed by atoms with Gasteiger partial charge in [0.25, 0.3) is 0 Å². The van der Waals surface area contributed by atoms with Crippen molar-refractivity contribution in [3.05, 3.63) is 39.8 Å². The third-order valence-electron chi connectivity index (χ3n) is 3.63. The molecule has 0 aliphatic carbocycles. The Balaban J connectivity index is 2.11. The molecular formula is C14H20N6O3. The van der Waals surface area contributed by atoms with E-state index in [2.05, 4.69) is 15.5 Å². The van der Waals surface area contributed by atoms with E-state index in [1.165, 1.54) is 10.7 Å². The molecular weight excluding hydrogens is 300 g/mol. The van der Waals surface area contributed by atoms with Gasteiger partial charge in [0.2, 0.25) is 5.91 Å². The van der Waals surface area contributed by atoms with E-state index in [0.717, 1.165) is 12.2 Å². The van der Waals surface area contributed by atoms with Crippen LogP contribution < -0.4 is 5.32 Å². The first kappa shape index (κ1) is 16.7. The van der Waals surface area contributed by atoms with Gasteiger partial charge >= 0.3 is 5.82 Å². The van der Waals surface area contributed by atoms with Crippen LogP contribution in [0.15, 0.2) is 18.3 Å². The molecule has 2 aromatic heterocycles. The van der Waals surface area contributed by atoms with E-state index < -0.39 is 11.0 Å². The molecule has 0 saturated heterocycles. The van der Waals surface area contributed by atoms with Crippen LogP contribution in [0.4, 0.5) is 5.82 Å². The number of hydrogen-bond donors (Lipinski definition) is 1. The van der Waals surface area contributed by atoms with Crippen molar-refractivity contribution in [2.75, 3.05) is 0 Å². The molecule has 2 heterocycles. The number of amides is 1. The summed E-state index contributed by atoms with van der Waals surface area (Å²) in [4.78, 5) is 22.7. The zero-order valence-electron chi connectivity index (χ0n) is 13.4. The van der Waals surface area contributed by atoms with Gasteiger partial charge in [0.15, 0.2) is 6.04 Å². The Morgan fingerprint density at radius 2 is 2.22 bits per heavy atom. The molecule has 1 amide bonds. The van der Waals surface area contributed by atoms with Gasteiger partial charge in [-0.2, -0.15) is 9.78 Å². The van der Waals surface area contributed by atoms with E-state index in [0.29, 0.717) is 18.7 Å². The van der Waals surface area contributed by atoms with Crippen molar-refractivity contribution in [1.82, 2.24) is 24.9 Å². The van der Waals surface area contributed by atoms with Crippen LogP contribution in [-0.4, -0.2) is 30.4 Å². The minimum atomic E-state index is -0.582. The van der Waals surface area contributed by atoms with Gasteiger partial charge in [-0.1, -0.05) is 6.92 Å². The molecule has 124 valence electrons. The highest BCUT2D eigenvalue weighted by molar-refractivity contribution is 5.80. The quantitative estimate of drug-likeness (QED) is 0.615. The summed E-state index contributed by atoms with van der Waals surface area (Å²) in [7, 11) is 0. The fourth-order valence-corrected chi connectivity index (χ4v) is 2.44. The topological polar surface area (TPSA) is 108 Å². The minimum absolute atomic E-state index is 0.225. The van der Waals surface area contributed by atoms with Gasteiger partial charge in [-0.25, -0.2) is 0 Å². The van der Waals surface area contributed by atoms with E-state index in [4.69, 9.17) is 0 Å². The SMILES string of the molecule is CCC(C(=O)NCc1ccnn1CC)n1nc([N+](=O)[O-])cc1C. The van der Waals surface area contributed by atoms with Crippen molar-refractivity contribution in [3.8, 4) is 0 Å². The van der Waals surface area contributed by atoms with E-state index in [-0.39, 0.29) is 11.7 Å². The molecule has 0 spiro atoms. The predicted molar refractivity (Wildman–Crippen MR) is 82.7 cm³/mol. The van der Waals surface area contributed by atoms with Crippen LogP contribution in [-0.2, 0) is 17.9 Å². The van der Waals surface area contributed by atoms with Crippen LogP contribution in [0.25, 0.3) is 0 Å². The Labute approximate surface area is 133 Å². The van der Waals surface area contributed by atoms with Crippen LogP contribution in [0, 0.1) is 17.0 Å².